The fraction of sp³-hybridized carbons (Fsp3) is 0.160. The van der Waals surface area contributed by atoms with Gasteiger partial charge in [-0.3, -0.25) is 15.0 Å². The Kier molecular flexibility index (Phi) is 6.35. The molecule has 0 aliphatic carbocycles. The maximum atomic E-state index is 14.7. The normalized spacial score (nSPS) is 14.1. The first-order chi connectivity index (χ1) is 15.9. The molecular formula is C25H23FN4O3. The van der Waals surface area contributed by atoms with Gasteiger partial charge < -0.3 is 20.7 Å². The number of hydrogen-bond donors (Lipinski definition) is 3. The van der Waals surface area contributed by atoms with Crippen molar-refractivity contribution in [3.05, 3.63) is 89.7 Å². The molecular weight excluding hydrogens is 423 g/mol. The van der Waals surface area contributed by atoms with E-state index in [0.29, 0.717) is 36.3 Å². The number of rotatable bonds is 7. The summed E-state index contributed by atoms with van der Waals surface area (Å²) in [5.74, 6) is -0.960. The van der Waals surface area contributed by atoms with Crippen LogP contribution in [0.1, 0.15) is 30.1 Å². The topological polar surface area (TPSA) is 109 Å². The molecule has 4 rings (SSSR count). The van der Waals surface area contributed by atoms with E-state index < -0.39 is 17.8 Å². The Balaban J connectivity index is 1.57. The van der Waals surface area contributed by atoms with E-state index in [9.17, 15) is 14.0 Å². The van der Waals surface area contributed by atoms with Crippen molar-refractivity contribution in [2.24, 2.45) is 5.73 Å². The number of halogens is 1. The molecule has 3 aromatic rings. The predicted octanol–water partition coefficient (Wildman–Crippen LogP) is 4.00. The Hall–Kier alpha value is -4.20. The highest BCUT2D eigenvalue weighted by Gasteiger charge is 2.26. The Morgan fingerprint density at radius 2 is 1.88 bits per heavy atom. The van der Waals surface area contributed by atoms with Gasteiger partial charge in [0.2, 0.25) is 12.0 Å². The first-order valence-corrected chi connectivity index (χ1v) is 10.5. The van der Waals surface area contributed by atoms with Crippen LogP contribution >= 0.6 is 0 Å². The summed E-state index contributed by atoms with van der Waals surface area (Å²) < 4.78 is 20.7. The SMILES string of the molecule is N=C(N)c1cccc(OC(C(=O)Nc2ccc(N3CCCC3=O)c(F)c2)c2ccccc2)c1. The summed E-state index contributed by atoms with van der Waals surface area (Å²) >= 11 is 0. The van der Waals surface area contributed by atoms with Crippen molar-refractivity contribution in [1.82, 2.24) is 0 Å². The van der Waals surface area contributed by atoms with Crippen molar-refractivity contribution < 1.29 is 18.7 Å². The molecule has 0 aromatic heterocycles. The van der Waals surface area contributed by atoms with Crippen LogP contribution in [0, 0.1) is 11.2 Å². The lowest BCUT2D eigenvalue weighted by atomic mass is 10.1. The number of hydrogen-bond acceptors (Lipinski definition) is 4. The maximum Gasteiger partial charge on any atom is 0.270 e. The minimum atomic E-state index is -1.03. The van der Waals surface area contributed by atoms with E-state index in [0.717, 1.165) is 0 Å². The van der Waals surface area contributed by atoms with Gasteiger partial charge in [-0.1, -0.05) is 42.5 Å². The summed E-state index contributed by atoms with van der Waals surface area (Å²) in [6.07, 6.45) is 0.0626. The van der Waals surface area contributed by atoms with Crippen LogP contribution in [0.3, 0.4) is 0 Å². The first-order valence-electron chi connectivity index (χ1n) is 10.5. The van der Waals surface area contributed by atoms with E-state index >= 15 is 0 Å². The van der Waals surface area contributed by atoms with Crippen molar-refractivity contribution in [3.63, 3.8) is 0 Å². The van der Waals surface area contributed by atoms with Gasteiger partial charge in [0.05, 0.1) is 5.69 Å². The van der Waals surface area contributed by atoms with Gasteiger partial charge in [-0.15, -0.1) is 0 Å². The molecule has 1 saturated heterocycles. The molecule has 2 amide bonds. The molecule has 1 atom stereocenters. The smallest absolute Gasteiger partial charge is 0.270 e. The lowest BCUT2D eigenvalue weighted by molar-refractivity contribution is -0.123. The lowest BCUT2D eigenvalue weighted by Crippen LogP contribution is -2.26. The number of ether oxygens (including phenoxy) is 1. The van der Waals surface area contributed by atoms with Crippen LogP contribution < -0.4 is 20.7 Å². The second-order valence-electron chi connectivity index (χ2n) is 7.65. The first kappa shape index (κ1) is 22.0. The maximum absolute atomic E-state index is 14.7. The van der Waals surface area contributed by atoms with Gasteiger partial charge in [-0.2, -0.15) is 0 Å². The molecule has 3 aromatic carbocycles. The van der Waals surface area contributed by atoms with Crippen LogP contribution in [0.2, 0.25) is 0 Å². The Morgan fingerprint density at radius 1 is 1.09 bits per heavy atom. The van der Waals surface area contributed by atoms with E-state index in [-0.39, 0.29) is 23.1 Å². The van der Waals surface area contributed by atoms with Crippen molar-refractivity contribution in [3.8, 4) is 5.75 Å². The summed E-state index contributed by atoms with van der Waals surface area (Å²) in [6.45, 7) is 0.477. The van der Waals surface area contributed by atoms with Gasteiger partial charge >= 0.3 is 0 Å². The average Bonchev–Trinajstić information content (AvgIpc) is 3.23. The fourth-order valence-electron chi connectivity index (χ4n) is 3.69. The zero-order chi connectivity index (χ0) is 23.4. The van der Waals surface area contributed by atoms with Crippen LogP contribution in [0.4, 0.5) is 15.8 Å². The van der Waals surface area contributed by atoms with Gasteiger partial charge in [0.1, 0.15) is 17.4 Å². The monoisotopic (exact) mass is 446 g/mol. The van der Waals surface area contributed by atoms with Crippen molar-refractivity contribution >= 4 is 29.0 Å². The zero-order valence-corrected chi connectivity index (χ0v) is 17.8. The lowest BCUT2D eigenvalue weighted by Gasteiger charge is -2.20. The highest BCUT2D eigenvalue weighted by Crippen LogP contribution is 2.28. The van der Waals surface area contributed by atoms with Gasteiger partial charge in [-0.05, 0) is 36.8 Å². The second kappa shape index (κ2) is 9.52. The van der Waals surface area contributed by atoms with Crippen LogP contribution in [0.25, 0.3) is 0 Å². The quantitative estimate of drug-likeness (QED) is 0.377. The van der Waals surface area contributed by atoms with Crippen molar-refractivity contribution in [2.75, 3.05) is 16.8 Å². The molecule has 0 spiro atoms. The molecule has 33 heavy (non-hydrogen) atoms. The average molecular weight is 446 g/mol. The summed E-state index contributed by atoms with van der Waals surface area (Å²) in [4.78, 5) is 26.5. The molecule has 0 saturated carbocycles. The molecule has 4 N–H and O–H groups in total. The third-order valence-corrected chi connectivity index (χ3v) is 5.32. The number of nitrogens with zero attached hydrogens (tertiary/aromatic N) is 1. The highest BCUT2D eigenvalue weighted by atomic mass is 19.1. The van der Waals surface area contributed by atoms with E-state index in [1.54, 1.807) is 54.6 Å². The minimum absolute atomic E-state index is 0.115. The summed E-state index contributed by atoms with van der Waals surface area (Å²) in [6, 6.07) is 19.7. The molecule has 0 bridgehead atoms. The van der Waals surface area contributed by atoms with Gasteiger partial charge in [0.25, 0.3) is 5.91 Å². The highest BCUT2D eigenvalue weighted by molar-refractivity contribution is 5.98. The van der Waals surface area contributed by atoms with E-state index in [2.05, 4.69) is 5.32 Å². The van der Waals surface area contributed by atoms with Gasteiger partial charge in [-0.25, -0.2) is 4.39 Å². The molecule has 1 unspecified atom stereocenters. The largest absolute Gasteiger partial charge is 0.476 e. The number of nitrogens with one attached hydrogen (secondary N) is 2. The minimum Gasteiger partial charge on any atom is -0.476 e. The summed E-state index contributed by atoms with van der Waals surface area (Å²) in [7, 11) is 0. The van der Waals surface area contributed by atoms with E-state index in [1.807, 2.05) is 6.07 Å². The molecule has 1 fully saturated rings. The fourth-order valence-corrected chi connectivity index (χ4v) is 3.69. The van der Waals surface area contributed by atoms with Crippen LogP contribution in [0.5, 0.6) is 5.75 Å². The van der Waals surface area contributed by atoms with Crippen LogP contribution in [-0.2, 0) is 9.59 Å². The molecule has 1 aliphatic heterocycles. The van der Waals surface area contributed by atoms with E-state index in [4.69, 9.17) is 15.9 Å². The molecule has 8 heteroatoms. The Morgan fingerprint density at radius 3 is 2.55 bits per heavy atom. The van der Waals surface area contributed by atoms with Crippen molar-refractivity contribution in [1.29, 1.82) is 5.41 Å². The van der Waals surface area contributed by atoms with Crippen molar-refractivity contribution in [2.45, 2.75) is 18.9 Å². The molecule has 0 radical (unpaired) electrons. The number of anilines is 2. The van der Waals surface area contributed by atoms with Crippen LogP contribution in [-0.4, -0.2) is 24.2 Å². The zero-order valence-electron chi connectivity index (χ0n) is 17.8. The predicted molar refractivity (Wildman–Crippen MR) is 124 cm³/mol. The Bertz CT molecular complexity index is 1200. The third kappa shape index (κ3) is 5.01. The number of carbonyl (C=O) groups excluding carboxylic acids is 2. The van der Waals surface area contributed by atoms with Gasteiger partial charge in [0, 0.05) is 29.8 Å². The molecule has 1 heterocycles. The van der Waals surface area contributed by atoms with E-state index in [1.165, 1.54) is 17.0 Å². The molecule has 1 aliphatic rings. The molecule has 168 valence electrons. The number of amides is 2. The number of amidine groups is 1. The molecule has 7 nitrogen and oxygen atoms in total. The van der Waals surface area contributed by atoms with Crippen LogP contribution in [0.15, 0.2) is 72.8 Å². The number of benzene rings is 3. The standard InChI is InChI=1S/C25H23FN4O3/c26-20-15-18(11-12-21(20)30-13-5-10-22(30)31)29-25(32)23(16-6-2-1-3-7-16)33-19-9-4-8-17(14-19)24(27)28/h1-4,6-9,11-12,14-15,23H,5,10,13H2,(H3,27,28)(H,29,32). The third-order valence-electron chi connectivity index (χ3n) is 5.32. The summed E-state index contributed by atoms with van der Waals surface area (Å²) in [5.41, 5.74) is 7.07. The second-order valence-corrected chi connectivity index (χ2v) is 7.65. The summed E-state index contributed by atoms with van der Waals surface area (Å²) in [5, 5.41) is 10.3. The number of carbonyl (C=O) groups is 2. The number of nitrogen functional groups attached to an aromatic ring is 1. The van der Waals surface area contributed by atoms with Gasteiger partial charge in [0.15, 0.2) is 0 Å². The number of nitrogens with two attached hydrogens (primary N) is 1. The Labute approximate surface area is 190 Å².